The number of hydrogen-bond donors (Lipinski definition) is 1. The largest absolute Gasteiger partial charge is 0.458 e. The highest BCUT2D eigenvalue weighted by molar-refractivity contribution is 9.10. The first-order valence-corrected chi connectivity index (χ1v) is 8.63. The van der Waals surface area contributed by atoms with Crippen LogP contribution in [0.3, 0.4) is 0 Å². The van der Waals surface area contributed by atoms with Gasteiger partial charge >= 0.3 is 0 Å². The fourth-order valence-electron chi connectivity index (χ4n) is 3.61. The summed E-state index contributed by atoms with van der Waals surface area (Å²) >= 11 is 3.51. The maximum absolute atomic E-state index is 6.15. The van der Waals surface area contributed by atoms with Crippen LogP contribution in [0.25, 0.3) is 11.0 Å². The van der Waals surface area contributed by atoms with Gasteiger partial charge in [0.2, 0.25) is 0 Å². The lowest BCUT2D eigenvalue weighted by molar-refractivity contribution is 0.0288. The van der Waals surface area contributed by atoms with E-state index in [1.807, 2.05) is 12.1 Å². The first-order valence-electron chi connectivity index (χ1n) is 7.83. The third kappa shape index (κ3) is 2.77. The van der Waals surface area contributed by atoms with Gasteiger partial charge in [0, 0.05) is 22.4 Å². The van der Waals surface area contributed by atoms with Gasteiger partial charge in [-0.2, -0.15) is 0 Å². The second-order valence-corrected chi connectivity index (χ2v) is 7.13. The molecule has 112 valence electrons. The Morgan fingerprint density at radius 1 is 1.14 bits per heavy atom. The molecule has 0 radical (unpaired) electrons. The van der Waals surface area contributed by atoms with E-state index in [0.717, 1.165) is 34.4 Å². The van der Waals surface area contributed by atoms with E-state index in [1.165, 1.54) is 25.7 Å². The number of furan rings is 1. The molecule has 1 saturated heterocycles. The quantitative estimate of drug-likeness (QED) is 0.827. The predicted octanol–water partition coefficient (Wildman–Crippen LogP) is 4.42. The van der Waals surface area contributed by atoms with Crippen LogP contribution in [-0.2, 0) is 4.74 Å². The zero-order chi connectivity index (χ0) is 14.2. The molecule has 2 aromatic rings. The molecule has 3 unspecified atom stereocenters. The summed E-state index contributed by atoms with van der Waals surface area (Å²) in [7, 11) is 0. The van der Waals surface area contributed by atoms with Crippen molar-refractivity contribution in [2.45, 2.75) is 37.8 Å². The number of fused-ring (bicyclic) bond motifs is 2. The monoisotopic (exact) mass is 349 g/mol. The maximum Gasteiger partial charge on any atom is 0.135 e. The smallest absolute Gasteiger partial charge is 0.135 e. The van der Waals surface area contributed by atoms with Gasteiger partial charge in [-0.1, -0.05) is 28.8 Å². The molecule has 0 amide bonds. The minimum atomic E-state index is 0.0294. The number of benzene rings is 1. The van der Waals surface area contributed by atoms with E-state index in [2.05, 4.69) is 33.4 Å². The van der Waals surface area contributed by atoms with Crippen LogP contribution in [-0.4, -0.2) is 19.2 Å². The average Bonchev–Trinajstić information content (AvgIpc) is 2.78. The summed E-state index contributed by atoms with van der Waals surface area (Å²) in [6.45, 7) is 1.70. The van der Waals surface area contributed by atoms with Crippen molar-refractivity contribution in [2.24, 2.45) is 5.92 Å². The van der Waals surface area contributed by atoms with Gasteiger partial charge in [-0.3, -0.25) is 0 Å². The number of halogens is 1. The summed E-state index contributed by atoms with van der Waals surface area (Å²) in [6.07, 6.45) is 5.29. The third-order valence-corrected chi connectivity index (χ3v) is 5.29. The highest BCUT2D eigenvalue weighted by atomic mass is 79.9. The number of nitrogens with one attached hydrogen (secondary N) is 1. The standard InChI is InChI=1S/C17H20BrNO2/c18-13-5-6-15-12(7-13)8-16(21-15)17-9-19-14-4-2-1-3-11(14)10-20-17/h5-8,11,14,17,19H,1-4,9-10H2. The number of rotatable bonds is 1. The molecule has 3 atom stereocenters. The van der Waals surface area contributed by atoms with Gasteiger partial charge in [0.25, 0.3) is 0 Å². The fourth-order valence-corrected chi connectivity index (χ4v) is 3.99. The number of hydrogen-bond acceptors (Lipinski definition) is 3. The summed E-state index contributed by atoms with van der Waals surface area (Å²) in [6, 6.07) is 8.85. The summed E-state index contributed by atoms with van der Waals surface area (Å²) in [5.41, 5.74) is 0.929. The third-order valence-electron chi connectivity index (χ3n) is 4.80. The van der Waals surface area contributed by atoms with Crippen LogP contribution >= 0.6 is 15.9 Å². The van der Waals surface area contributed by atoms with Crippen molar-refractivity contribution >= 4 is 26.9 Å². The second kappa shape index (κ2) is 5.75. The Balaban J connectivity index is 1.57. The lowest BCUT2D eigenvalue weighted by Gasteiger charge is -2.29. The van der Waals surface area contributed by atoms with E-state index in [1.54, 1.807) is 0 Å². The van der Waals surface area contributed by atoms with Gasteiger partial charge in [0.15, 0.2) is 0 Å². The van der Waals surface area contributed by atoms with Crippen molar-refractivity contribution in [3.05, 3.63) is 34.5 Å². The van der Waals surface area contributed by atoms with Crippen LogP contribution in [0.15, 0.2) is 33.2 Å². The van der Waals surface area contributed by atoms with E-state index < -0.39 is 0 Å². The van der Waals surface area contributed by atoms with Gasteiger partial charge in [0.05, 0.1) is 6.61 Å². The van der Waals surface area contributed by atoms with Gasteiger partial charge in [-0.15, -0.1) is 0 Å². The minimum absolute atomic E-state index is 0.0294. The lowest BCUT2D eigenvalue weighted by Crippen LogP contribution is -2.38. The van der Waals surface area contributed by atoms with E-state index in [4.69, 9.17) is 9.15 Å². The zero-order valence-electron chi connectivity index (χ0n) is 12.0. The minimum Gasteiger partial charge on any atom is -0.458 e. The Kier molecular flexibility index (Phi) is 3.78. The van der Waals surface area contributed by atoms with Gasteiger partial charge in [-0.25, -0.2) is 0 Å². The highest BCUT2D eigenvalue weighted by Gasteiger charge is 2.31. The van der Waals surface area contributed by atoms with Crippen LogP contribution in [0.2, 0.25) is 0 Å². The normalized spacial score (nSPS) is 30.0. The Morgan fingerprint density at radius 2 is 2.05 bits per heavy atom. The second-order valence-electron chi connectivity index (χ2n) is 6.21. The van der Waals surface area contributed by atoms with Gasteiger partial charge < -0.3 is 14.5 Å². The SMILES string of the molecule is Brc1ccc2oc(C3CNC4CCCCC4CO3)cc2c1. The van der Waals surface area contributed by atoms with Crippen LogP contribution in [0.5, 0.6) is 0 Å². The Hall–Kier alpha value is -0.840. The molecular weight excluding hydrogens is 330 g/mol. The van der Waals surface area contributed by atoms with E-state index in [9.17, 15) is 0 Å². The summed E-state index contributed by atoms with van der Waals surface area (Å²) < 4.78 is 13.2. The van der Waals surface area contributed by atoms with Gasteiger partial charge in [-0.05, 0) is 43.0 Å². The summed E-state index contributed by atoms with van der Waals surface area (Å²) in [5, 5.41) is 4.82. The Bertz CT molecular complexity index is 623. The number of ether oxygens (including phenoxy) is 1. The lowest BCUT2D eigenvalue weighted by atomic mass is 9.85. The first kappa shape index (κ1) is 13.8. The van der Waals surface area contributed by atoms with Crippen molar-refractivity contribution in [3.63, 3.8) is 0 Å². The molecule has 21 heavy (non-hydrogen) atoms. The average molecular weight is 350 g/mol. The molecule has 0 spiro atoms. The molecule has 1 aliphatic carbocycles. The molecule has 1 saturated carbocycles. The van der Waals surface area contributed by atoms with E-state index >= 15 is 0 Å². The molecule has 2 aliphatic rings. The molecule has 0 bridgehead atoms. The molecule has 1 aromatic heterocycles. The molecule has 3 nitrogen and oxygen atoms in total. The Morgan fingerprint density at radius 3 is 3.00 bits per heavy atom. The van der Waals surface area contributed by atoms with Crippen molar-refractivity contribution in [3.8, 4) is 0 Å². The molecule has 1 N–H and O–H groups in total. The van der Waals surface area contributed by atoms with Crippen LogP contribution in [0.4, 0.5) is 0 Å². The van der Waals surface area contributed by atoms with Crippen LogP contribution < -0.4 is 5.32 Å². The molecular formula is C17H20BrNO2. The zero-order valence-corrected chi connectivity index (χ0v) is 13.6. The van der Waals surface area contributed by atoms with E-state index in [-0.39, 0.29) is 6.10 Å². The molecule has 2 fully saturated rings. The van der Waals surface area contributed by atoms with Crippen molar-refractivity contribution in [1.29, 1.82) is 0 Å². The maximum atomic E-state index is 6.15. The van der Waals surface area contributed by atoms with Crippen molar-refractivity contribution in [1.82, 2.24) is 5.32 Å². The Labute approximate surface area is 133 Å². The predicted molar refractivity (Wildman–Crippen MR) is 86.4 cm³/mol. The molecule has 4 rings (SSSR count). The summed E-state index contributed by atoms with van der Waals surface area (Å²) in [5.74, 6) is 1.61. The van der Waals surface area contributed by atoms with Crippen LogP contribution in [0, 0.1) is 5.92 Å². The fraction of sp³-hybridized carbons (Fsp3) is 0.529. The highest BCUT2D eigenvalue weighted by Crippen LogP contribution is 2.32. The molecule has 1 aromatic carbocycles. The van der Waals surface area contributed by atoms with E-state index in [0.29, 0.717) is 12.0 Å². The summed E-state index contributed by atoms with van der Waals surface area (Å²) in [4.78, 5) is 0. The molecule has 4 heteroatoms. The first-order chi connectivity index (χ1) is 10.3. The molecule has 2 heterocycles. The van der Waals surface area contributed by atoms with Crippen molar-refractivity contribution in [2.75, 3.05) is 13.2 Å². The van der Waals surface area contributed by atoms with Crippen molar-refractivity contribution < 1.29 is 9.15 Å². The van der Waals surface area contributed by atoms with Crippen LogP contribution in [0.1, 0.15) is 37.5 Å². The molecule has 1 aliphatic heterocycles. The van der Waals surface area contributed by atoms with Gasteiger partial charge in [0.1, 0.15) is 17.4 Å². The topological polar surface area (TPSA) is 34.4 Å².